The number of benzene rings is 3. The molecule has 0 fully saturated rings. The lowest BCUT2D eigenvalue weighted by atomic mass is 10.0. The van der Waals surface area contributed by atoms with E-state index in [1.807, 2.05) is 48.5 Å². The first-order valence-electron chi connectivity index (χ1n) is 12.9. The third-order valence-electron chi connectivity index (χ3n) is 5.83. The van der Waals surface area contributed by atoms with Crippen LogP contribution >= 0.6 is 0 Å². The van der Waals surface area contributed by atoms with Gasteiger partial charge in [-0.05, 0) is 49.6 Å². The minimum atomic E-state index is -1.28. The first-order chi connectivity index (χ1) is 19.1. The average Bonchev–Trinajstić information content (AvgIpc) is 2.93. The second-order valence-corrected chi connectivity index (χ2v) is 10.2. The van der Waals surface area contributed by atoms with Crippen molar-refractivity contribution in [2.45, 2.75) is 57.9 Å². The molecule has 0 aliphatic heterocycles. The summed E-state index contributed by atoms with van der Waals surface area (Å²) in [7, 11) is 1.21. The number of esters is 1. The molecular weight excluding hydrogens is 512 g/mol. The molecule has 0 aliphatic rings. The monoisotopic (exact) mass is 548 g/mol. The maximum atomic E-state index is 13.3. The normalized spacial score (nSPS) is 12.6. The van der Waals surface area contributed by atoms with Gasteiger partial charge >= 0.3 is 18.0 Å². The molecule has 0 saturated carbocycles. The Bertz CT molecular complexity index is 1260. The predicted molar refractivity (Wildman–Crippen MR) is 150 cm³/mol. The van der Waals surface area contributed by atoms with Crippen LogP contribution in [0.25, 0.3) is 0 Å². The van der Waals surface area contributed by atoms with Crippen molar-refractivity contribution in [3.63, 3.8) is 0 Å². The van der Waals surface area contributed by atoms with Crippen molar-refractivity contribution in [3.05, 3.63) is 102 Å². The van der Waals surface area contributed by atoms with E-state index in [1.54, 1.807) is 57.2 Å². The lowest BCUT2D eigenvalue weighted by Gasteiger charge is -2.34. The van der Waals surface area contributed by atoms with Gasteiger partial charge in [0.15, 0.2) is 6.04 Å². The lowest BCUT2D eigenvalue weighted by molar-refractivity contribution is -0.151. The van der Waals surface area contributed by atoms with Crippen LogP contribution in [0, 0.1) is 0 Å². The van der Waals surface area contributed by atoms with E-state index < -0.39 is 35.7 Å². The summed E-state index contributed by atoms with van der Waals surface area (Å²) in [6, 6.07) is 23.3. The number of carboxylic acids is 1. The summed E-state index contributed by atoms with van der Waals surface area (Å²) in [5.74, 6) is -1.36. The van der Waals surface area contributed by atoms with E-state index in [-0.39, 0.29) is 12.8 Å². The van der Waals surface area contributed by atoms with E-state index >= 15 is 0 Å². The van der Waals surface area contributed by atoms with E-state index in [9.17, 15) is 19.5 Å². The molecule has 0 unspecified atom stereocenters. The number of hydrogen-bond acceptors (Lipinski definition) is 7. The number of nitrogens with one attached hydrogen (secondary N) is 1. The number of hydrogen-bond donors (Lipinski definition) is 2. The highest BCUT2D eigenvalue weighted by atomic mass is 16.6. The minimum Gasteiger partial charge on any atom is -0.489 e. The van der Waals surface area contributed by atoms with Crippen molar-refractivity contribution in [2.75, 3.05) is 7.11 Å². The SMILES string of the molecule is COC(=O)[C@H](Cc1ccccc1)N(N[C@@H](Cc1cccc(OCc2ccccc2)c1)C(=O)O)C(=O)OC(C)(C)C. The molecule has 3 aromatic rings. The van der Waals surface area contributed by atoms with Gasteiger partial charge in [0.25, 0.3) is 0 Å². The molecule has 1 amide bonds. The van der Waals surface area contributed by atoms with Gasteiger partial charge in [-0.3, -0.25) is 4.79 Å². The molecule has 9 heteroatoms. The second kappa shape index (κ2) is 14.1. The van der Waals surface area contributed by atoms with E-state index in [0.717, 1.165) is 16.1 Å². The van der Waals surface area contributed by atoms with E-state index in [1.165, 1.54) is 7.11 Å². The Hall–Kier alpha value is -4.37. The second-order valence-electron chi connectivity index (χ2n) is 10.2. The van der Waals surface area contributed by atoms with Crippen LogP contribution in [-0.4, -0.2) is 52.9 Å². The molecule has 9 nitrogen and oxygen atoms in total. The molecule has 3 aromatic carbocycles. The Balaban J connectivity index is 1.85. The zero-order valence-corrected chi connectivity index (χ0v) is 23.2. The summed E-state index contributed by atoms with van der Waals surface area (Å²) in [4.78, 5) is 38.6. The summed E-state index contributed by atoms with van der Waals surface area (Å²) >= 11 is 0. The summed E-state index contributed by atoms with van der Waals surface area (Å²) in [6.07, 6.45) is -0.823. The van der Waals surface area contributed by atoms with Crippen LogP contribution < -0.4 is 10.2 Å². The van der Waals surface area contributed by atoms with Gasteiger partial charge in [0, 0.05) is 12.8 Å². The fourth-order valence-electron chi connectivity index (χ4n) is 3.93. The molecule has 2 N–H and O–H groups in total. The molecular formula is C31H36N2O7. The van der Waals surface area contributed by atoms with Crippen molar-refractivity contribution in [2.24, 2.45) is 0 Å². The molecule has 0 bridgehead atoms. The number of amides is 1. The highest BCUT2D eigenvalue weighted by molar-refractivity contribution is 5.82. The van der Waals surface area contributed by atoms with E-state index in [0.29, 0.717) is 17.9 Å². The number of hydrazine groups is 1. The summed E-state index contributed by atoms with van der Waals surface area (Å²) in [6.45, 7) is 5.41. The standard InChI is InChI=1S/C31H36N2O7/c1-31(2,3)40-30(37)33(27(29(36)38-4)20-22-12-7-5-8-13-22)32-26(28(34)35)19-24-16-11-17-25(18-24)39-21-23-14-9-6-10-15-23/h5-18,26-27,32H,19-21H2,1-4H3,(H,34,35)/t26-,27-/m0/s1. The zero-order valence-electron chi connectivity index (χ0n) is 23.2. The van der Waals surface area contributed by atoms with Crippen LogP contribution in [-0.2, 0) is 38.5 Å². The third-order valence-corrected chi connectivity index (χ3v) is 5.83. The minimum absolute atomic E-state index is 0.00357. The van der Waals surface area contributed by atoms with Gasteiger partial charge in [-0.2, -0.15) is 0 Å². The lowest BCUT2D eigenvalue weighted by Crippen LogP contribution is -2.60. The van der Waals surface area contributed by atoms with Crippen LogP contribution in [0.15, 0.2) is 84.9 Å². The number of carbonyl (C=O) groups is 3. The number of carboxylic acid groups (broad SMARTS) is 1. The molecule has 40 heavy (non-hydrogen) atoms. The smallest absolute Gasteiger partial charge is 0.425 e. The maximum Gasteiger partial charge on any atom is 0.425 e. The fraction of sp³-hybridized carbons (Fsp3) is 0.323. The summed E-state index contributed by atoms with van der Waals surface area (Å²) < 4.78 is 16.4. The van der Waals surface area contributed by atoms with Crippen molar-refractivity contribution in [3.8, 4) is 5.75 Å². The number of methoxy groups -OCH3 is 1. The molecule has 3 rings (SSSR count). The molecule has 0 radical (unpaired) electrons. The number of ether oxygens (including phenoxy) is 3. The zero-order chi connectivity index (χ0) is 29.1. The Labute approximate surface area is 234 Å². The maximum absolute atomic E-state index is 13.3. The van der Waals surface area contributed by atoms with Crippen LogP contribution in [0.5, 0.6) is 5.75 Å². The Morgan fingerprint density at radius 1 is 0.850 bits per heavy atom. The Morgan fingerprint density at radius 3 is 2.02 bits per heavy atom. The summed E-state index contributed by atoms with van der Waals surface area (Å²) in [5, 5.41) is 11.0. The number of nitrogens with zero attached hydrogens (tertiary/aromatic N) is 1. The predicted octanol–water partition coefficient (Wildman–Crippen LogP) is 4.79. The number of rotatable bonds is 12. The van der Waals surface area contributed by atoms with Crippen LogP contribution in [0.1, 0.15) is 37.5 Å². The fourth-order valence-corrected chi connectivity index (χ4v) is 3.93. The molecule has 0 aliphatic carbocycles. The Morgan fingerprint density at radius 2 is 1.45 bits per heavy atom. The average molecular weight is 549 g/mol. The van der Waals surface area contributed by atoms with Crippen LogP contribution in [0.4, 0.5) is 4.79 Å². The number of aliphatic carboxylic acids is 1. The van der Waals surface area contributed by atoms with Crippen molar-refractivity contribution >= 4 is 18.0 Å². The molecule has 0 heterocycles. The van der Waals surface area contributed by atoms with Crippen molar-refractivity contribution in [1.82, 2.24) is 10.4 Å². The van der Waals surface area contributed by atoms with Gasteiger partial charge in [0.05, 0.1) is 7.11 Å². The highest BCUT2D eigenvalue weighted by Crippen LogP contribution is 2.19. The molecule has 212 valence electrons. The third kappa shape index (κ3) is 9.43. The van der Waals surface area contributed by atoms with Gasteiger partial charge in [0.2, 0.25) is 0 Å². The number of carbonyl (C=O) groups excluding carboxylic acids is 2. The van der Waals surface area contributed by atoms with Gasteiger partial charge in [0.1, 0.15) is 24.0 Å². The Kier molecular flexibility index (Phi) is 10.7. The first-order valence-corrected chi connectivity index (χ1v) is 12.9. The topological polar surface area (TPSA) is 114 Å². The van der Waals surface area contributed by atoms with Gasteiger partial charge in [-0.1, -0.05) is 72.8 Å². The van der Waals surface area contributed by atoms with Gasteiger partial charge in [-0.25, -0.2) is 20.0 Å². The quantitative estimate of drug-likeness (QED) is 0.245. The van der Waals surface area contributed by atoms with Gasteiger partial charge in [-0.15, -0.1) is 0 Å². The molecule has 0 aromatic heterocycles. The highest BCUT2D eigenvalue weighted by Gasteiger charge is 2.37. The largest absolute Gasteiger partial charge is 0.489 e. The molecule has 2 atom stereocenters. The van der Waals surface area contributed by atoms with Crippen LogP contribution in [0.2, 0.25) is 0 Å². The molecule has 0 spiro atoms. The van der Waals surface area contributed by atoms with Gasteiger partial charge < -0.3 is 19.3 Å². The van der Waals surface area contributed by atoms with Crippen LogP contribution in [0.3, 0.4) is 0 Å². The molecule has 0 saturated heterocycles. The first kappa shape index (κ1) is 30.2. The van der Waals surface area contributed by atoms with Crippen molar-refractivity contribution in [1.29, 1.82) is 0 Å². The van der Waals surface area contributed by atoms with E-state index in [4.69, 9.17) is 14.2 Å². The van der Waals surface area contributed by atoms with E-state index in [2.05, 4.69) is 5.43 Å². The summed E-state index contributed by atoms with van der Waals surface area (Å²) in [5.41, 5.74) is 4.27. The van der Waals surface area contributed by atoms with Crippen molar-refractivity contribution < 1.29 is 33.7 Å².